The van der Waals surface area contributed by atoms with Crippen LogP contribution in [0.4, 0.5) is 5.82 Å². The predicted octanol–water partition coefficient (Wildman–Crippen LogP) is 3.21. The van der Waals surface area contributed by atoms with Gasteiger partial charge in [0, 0.05) is 25.1 Å². The maximum atomic E-state index is 9.34. The van der Waals surface area contributed by atoms with Crippen LogP contribution in [0.2, 0.25) is 0 Å². The van der Waals surface area contributed by atoms with Crippen LogP contribution in [0.15, 0.2) is 24.3 Å². The summed E-state index contributed by atoms with van der Waals surface area (Å²) in [5.41, 5.74) is 1.06. The Kier molecular flexibility index (Phi) is 5.65. The summed E-state index contributed by atoms with van der Waals surface area (Å²) in [5, 5.41) is 10.5. The van der Waals surface area contributed by atoms with Gasteiger partial charge in [0.2, 0.25) is 0 Å². The molecule has 1 N–H and O–H groups in total. The molecule has 5 nitrogen and oxygen atoms in total. The number of aromatic nitrogens is 2. The van der Waals surface area contributed by atoms with Gasteiger partial charge in [0.05, 0.1) is 12.1 Å². The Morgan fingerprint density at radius 3 is 2.38 bits per heavy atom. The number of nitrogens with zero attached hydrogens (tertiary/aromatic N) is 4. The number of anilines is 1. The van der Waals surface area contributed by atoms with Gasteiger partial charge in [-0.05, 0) is 56.8 Å². The molecular formula is C21H30N4O. The van der Waals surface area contributed by atoms with E-state index in [1.807, 2.05) is 0 Å². The number of para-hydroxylation sites is 1. The first-order valence-electron chi connectivity index (χ1n) is 10.2. The highest BCUT2D eigenvalue weighted by atomic mass is 16.3. The van der Waals surface area contributed by atoms with Crippen molar-refractivity contribution in [2.75, 3.05) is 37.7 Å². The van der Waals surface area contributed by atoms with E-state index >= 15 is 0 Å². The van der Waals surface area contributed by atoms with Crippen LogP contribution in [0.3, 0.4) is 0 Å². The molecule has 2 saturated heterocycles. The van der Waals surface area contributed by atoms with Crippen molar-refractivity contribution in [3.8, 4) is 0 Å². The van der Waals surface area contributed by atoms with Crippen molar-refractivity contribution in [1.82, 2.24) is 14.9 Å². The minimum Gasteiger partial charge on any atom is -0.396 e. The summed E-state index contributed by atoms with van der Waals surface area (Å²) in [6, 6.07) is 8.43. The molecule has 1 aromatic carbocycles. The van der Waals surface area contributed by atoms with Crippen molar-refractivity contribution in [3.63, 3.8) is 0 Å². The van der Waals surface area contributed by atoms with Gasteiger partial charge in [-0.1, -0.05) is 25.0 Å². The van der Waals surface area contributed by atoms with Crippen LogP contribution in [-0.2, 0) is 6.54 Å². The number of hydrogen-bond donors (Lipinski definition) is 1. The van der Waals surface area contributed by atoms with Crippen LogP contribution in [-0.4, -0.2) is 52.8 Å². The number of rotatable bonds is 4. The third-order valence-corrected chi connectivity index (χ3v) is 5.87. The molecule has 0 amide bonds. The van der Waals surface area contributed by atoms with E-state index in [9.17, 15) is 5.11 Å². The molecule has 0 bridgehead atoms. The van der Waals surface area contributed by atoms with Gasteiger partial charge in [-0.2, -0.15) is 0 Å². The summed E-state index contributed by atoms with van der Waals surface area (Å²) in [5.74, 6) is 2.53. The highest BCUT2D eigenvalue weighted by Gasteiger charge is 2.21. The van der Waals surface area contributed by atoms with E-state index in [0.717, 1.165) is 62.7 Å². The molecule has 0 aliphatic carbocycles. The van der Waals surface area contributed by atoms with Gasteiger partial charge in [0.15, 0.2) is 0 Å². The number of hydrogen-bond acceptors (Lipinski definition) is 5. The monoisotopic (exact) mass is 354 g/mol. The predicted molar refractivity (Wildman–Crippen MR) is 105 cm³/mol. The smallest absolute Gasteiger partial charge is 0.145 e. The zero-order chi connectivity index (χ0) is 17.8. The number of fused-ring (bicyclic) bond motifs is 1. The summed E-state index contributed by atoms with van der Waals surface area (Å²) in [6.07, 6.45) is 7.30. The molecule has 26 heavy (non-hydrogen) atoms. The zero-order valence-corrected chi connectivity index (χ0v) is 15.6. The Balaban J connectivity index is 1.59. The molecule has 2 aliphatic rings. The number of aliphatic hydroxyl groups excluding tert-OH is 1. The summed E-state index contributed by atoms with van der Waals surface area (Å²) < 4.78 is 0. The third kappa shape index (κ3) is 3.99. The maximum Gasteiger partial charge on any atom is 0.145 e. The number of benzene rings is 1. The molecule has 5 heteroatoms. The van der Waals surface area contributed by atoms with Gasteiger partial charge < -0.3 is 10.0 Å². The largest absolute Gasteiger partial charge is 0.396 e. The van der Waals surface area contributed by atoms with E-state index < -0.39 is 0 Å². The van der Waals surface area contributed by atoms with Crippen LogP contribution in [0.1, 0.15) is 44.3 Å². The lowest BCUT2D eigenvalue weighted by molar-refractivity contribution is 0.125. The van der Waals surface area contributed by atoms with Crippen LogP contribution < -0.4 is 4.90 Å². The van der Waals surface area contributed by atoms with Gasteiger partial charge in [0.1, 0.15) is 11.6 Å². The van der Waals surface area contributed by atoms with E-state index in [1.165, 1.54) is 31.1 Å². The summed E-state index contributed by atoms with van der Waals surface area (Å²) in [7, 11) is 0. The van der Waals surface area contributed by atoms with Crippen LogP contribution >= 0.6 is 0 Å². The molecule has 2 aliphatic heterocycles. The fourth-order valence-corrected chi connectivity index (χ4v) is 4.23. The highest BCUT2D eigenvalue weighted by Crippen LogP contribution is 2.27. The van der Waals surface area contributed by atoms with E-state index in [1.54, 1.807) is 0 Å². The fourth-order valence-electron chi connectivity index (χ4n) is 4.23. The van der Waals surface area contributed by atoms with Crippen molar-refractivity contribution in [2.24, 2.45) is 5.92 Å². The van der Waals surface area contributed by atoms with Crippen molar-refractivity contribution >= 4 is 16.7 Å². The minimum atomic E-state index is 0.319. The summed E-state index contributed by atoms with van der Waals surface area (Å²) in [6.45, 7) is 5.38. The normalized spacial score (nSPS) is 20.4. The van der Waals surface area contributed by atoms with Gasteiger partial charge in [-0.3, -0.25) is 4.90 Å². The molecular weight excluding hydrogens is 324 g/mol. The Morgan fingerprint density at radius 2 is 1.65 bits per heavy atom. The molecule has 0 saturated carbocycles. The lowest BCUT2D eigenvalue weighted by Crippen LogP contribution is -2.35. The van der Waals surface area contributed by atoms with Crippen molar-refractivity contribution in [1.29, 1.82) is 0 Å². The molecule has 2 fully saturated rings. The first-order valence-corrected chi connectivity index (χ1v) is 10.2. The summed E-state index contributed by atoms with van der Waals surface area (Å²) in [4.78, 5) is 14.8. The Morgan fingerprint density at radius 1 is 0.923 bits per heavy atom. The maximum absolute atomic E-state index is 9.34. The number of likely N-dealkylation sites (tertiary alicyclic amines) is 1. The van der Waals surface area contributed by atoms with E-state index in [-0.39, 0.29) is 0 Å². The number of piperidine rings is 1. The van der Waals surface area contributed by atoms with Crippen molar-refractivity contribution in [3.05, 3.63) is 30.1 Å². The second kappa shape index (κ2) is 8.31. The van der Waals surface area contributed by atoms with E-state index in [4.69, 9.17) is 9.97 Å². The van der Waals surface area contributed by atoms with Gasteiger partial charge >= 0.3 is 0 Å². The Bertz CT molecular complexity index is 719. The molecule has 0 spiro atoms. The Hall–Kier alpha value is -1.72. The van der Waals surface area contributed by atoms with E-state index in [0.29, 0.717) is 12.5 Å². The second-order valence-corrected chi connectivity index (χ2v) is 7.78. The van der Waals surface area contributed by atoms with E-state index in [2.05, 4.69) is 34.1 Å². The minimum absolute atomic E-state index is 0.319. The van der Waals surface area contributed by atoms with Gasteiger partial charge in [-0.25, -0.2) is 9.97 Å². The lowest BCUT2D eigenvalue weighted by atomic mass is 9.98. The highest BCUT2D eigenvalue weighted by molar-refractivity contribution is 5.89. The zero-order valence-electron chi connectivity index (χ0n) is 15.6. The topological polar surface area (TPSA) is 52.5 Å². The van der Waals surface area contributed by atoms with Gasteiger partial charge in [0.25, 0.3) is 0 Å². The Labute approximate surface area is 156 Å². The first-order chi connectivity index (χ1) is 12.8. The standard InChI is InChI=1S/C21H30N4O/c26-16-17-9-13-24(14-10-17)15-20-22-19-8-4-3-7-18(19)21(23-20)25-11-5-1-2-6-12-25/h3-4,7-8,17,26H,1-2,5-6,9-16H2. The quantitative estimate of drug-likeness (QED) is 0.914. The SMILES string of the molecule is OCC1CCN(Cc2nc(N3CCCCCC3)c3ccccc3n2)CC1. The second-order valence-electron chi connectivity index (χ2n) is 7.78. The molecule has 0 atom stereocenters. The average molecular weight is 354 g/mol. The molecule has 0 unspecified atom stereocenters. The molecule has 0 radical (unpaired) electrons. The van der Waals surface area contributed by atoms with Crippen LogP contribution in [0.25, 0.3) is 10.9 Å². The van der Waals surface area contributed by atoms with Crippen LogP contribution in [0.5, 0.6) is 0 Å². The molecule has 140 valence electrons. The third-order valence-electron chi connectivity index (χ3n) is 5.87. The number of aliphatic hydroxyl groups is 1. The molecule has 4 rings (SSSR count). The van der Waals surface area contributed by atoms with Crippen molar-refractivity contribution in [2.45, 2.75) is 45.1 Å². The first kappa shape index (κ1) is 17.7. The van der Waals surface area contributed by atoms with Crippen molar-refractivity contribution < 1.29 is 5.11 Å². The van der Waals surface area contributed by atoms with Gasteiger partial charge in [-0.15, -0.1) is 0 Å². The molecule has 1 aromatic heterocycles. The average Bonchev–Trinajstić information content (AvgIpc) is 2.97. The summed E-state index contributed by atoms with van der Waals surface area (Å²) >= 11 is 0. The van der Waals surface area contributed by atoms with Crippen LogP contribution in [0, 0.1) is 5.92 Å². The lowest BCUT2D eigenvalue weighted by Gasteiger charge is -2.31. The molecule has 2 aromatic rings. The fraction of sp³-hybridized carbons (Fsp3) is 0.619. The molecule has 3 heterocycles.